The lowest BCUT2D eigenvalue weighted by Gasteiger charge is -2.09. The van der Waals surface area contributed by atoms with Gasteiger partial charge in [0.1, 0.15) is 17.1 Å². The van der Waals surface area contributed by atoms with Crippen molar-refractivity contribution in [2.24, 2.45) is 7.05 Å². The zero-order chi connectivity index (χ0) is 16.1. The van der Waals surface area contributed by atoms with Crippen molar-refractivity contribution in [3.05, 3.63) is 54.4 Å². The molecule has 4 aromatic rings. The predicted molar refractivity (Wildman–Crippen MR) is 90.3 cm³/mol. The summed E-state index contributed by atoms with van der Waals surface area (Å²) in [5.74, 6) is 1.87. The second kappa shape index (κ2) is 4.92. The van der Waals surface area contributed by atoms with Crippen LogP contribution < -0.4 is 4.74 Å². The van der Waals surface area contributed by atoms with Crippen LogP contribution in [0.5, 0.6) is 5.75 Å². The van der Waals surface area contributed by atoms with Crippen molar-refractivity contribution in [2.45, 2.75) is 6.42 Å². The highest BCUT2D eigenvalue weighted by Gasteiger charge is 2.17. The van der Waals surface area contributed by atoms with Crippen LogP contribution >= 0.6 is 0 Å². The Kier molecular flexibility index (Phi) is 2.73. The van der Waals surface area contributed by atoms with E-state index >= 15 is 0 Å². The Morgan fingerprint density at radius 2 is 2.12 bits per heavy atom. The summed E-state index contributed by atoms with van der Waals surface area (Å²) < 4.78 is 9.44. The van der Waals surface area contributed by atoms with Crippen molar-refractivity contribution in [2.75, 3.05) is 6.61 Å². The quantitative estimate of drug-likeness (QED) is 0.570. The first-order chi connectivity index (χ1) is 11.8. The van der Waals surface area contributed by atoms with Gasteiger partial charge in [0.2, 0.25) is 0 Å². The summed E-state index contributed by atoms with van der Waals surface area (Å²) in [6.07, 6.45) is 4.72. The van der Waals surface area contributed by atoms with Crippen molar-refractivity contribution in [1.29, 1.82) is 0 Å². The van der Waals surface area contributed by atoms with E-state index < -0.39 is 0 Å². The van der Waals surface area contributed by atoms with Gasteiger partial charge >= 0.3 is 0 Å². The van der Waals surface area contributed by atoms with E-state index in [1.807, 2.05) is 43.7 Å². The number of hydrogen-bond donors (Lipinski definition) is 0. The number of aryl methyl sites for hydroxylation is 1. The maximum absolute atomic E-state index is 5.60. The van der Waals surface area contributed by atoms with Crippen LogP contribution in [0.1, 0.15) is 5.56 Å². The molecule has 0 fully saturated rings. The van der Waals surface area contributed by atoms with Crippen LogP contribution in [0.15, 0.2) is 48.8 Å². The highest BCUT2D eigenvalue weighted by Crippen LogP contribution is 2.31. The third-order valence-electron chi connectivity index (χ3n) is 4.47. The van der Waals surface area contributed by atoms with E-state index in [0.29, 0.717) is 0 Å². The lowest BCUT2D eigenvalue weighted by molar-refractivity contribution is 0.357. The minimum Gasteiger partial charge on any atom is -0.493 e. The molecule has 6 heteroatoms. The van der Waals surface area contributed by atoms with Gasteiger partial charge in [0.05, 0.1) is 17.8 Å². The first-order valence-corrected chi connectivity index (χ1v) is 7.89. The van der Waals surface area contributed by atoms with Gasteiger partial charge in [-0.2, -0.15) is 0 Å². The van der Waals surface area contributed by atoms with Gasteiger partial charge in [0.15, 0.2) is 0 Å². The van der Waals surface area contributed by atoms with E-state index in [1.54, 1.807) is 4.68 Å². The first-order valence-electron chi connectivity index (χ1n) is 7.89. The Morgan fingerprint density at radius 3 is 3.08 bits per heavy atom. The lowest BCUT2D eigenvalue weighted by atomic mass is 10.1. The molecule has 0 radical (unpaired) electrons. The highest BCUT2D eigenvalue weighted by atomic mass is 16.5. The van der Waals surface area contributed by atoms with Gasteiger partial charge in [-0.3, -0.25) is 4.57 Å². The Balaban J connectivity index is 1.70. The van der Waals surface area contributed by atoms with Gasteiger partial charge in [-0.25, -0.2) is 9.67 Å². The summed E-state index contributed by atoms with van der Waals surface area (Å²) in [6.45, 7) is 0.756. The zero-order valence-electron chi connectivity index (χ0n) is 13.2. The van der Waals surface area contributed by atoms with Gasteiger partial charge in [-0.15, -0.1) is 5.10 Å². The minimum atomic E-state index is 0.756. The molecule has 3 heterocycles. The van der Waals surface area contributed by atoms with Crippen molar-refractivity contribution in [3.8, 4) is 22.8 Å². The molecule has 0 saturated carbocycles. The molecule has 0 bridgehead atoms. The predicted octanol–water partition coefficient (Wildman–Crippen LogP) is 2.76. The van der Waals surface area contributed by atoms with Crippen molar-refractivity contribution in [1.82, 2.24) is 24.5 Å². The summed E-state index contributed by atoms with van der Waals surface area (Å²) in [6, 6.07) is 12.3. The second-order valence-corrected chi connectivity index (χ2v) is 5.90. The number of imidazole rings is 1. The molecule has 0 unspecified atom stereocenters. The largest absolute Gasteiger partial charge is 0.493 e. The molecule has 0 saturated heterocycles. The molecule has 5 rings (SSSR count). The van der Waals surface area contributed by atoms with Crippen LogP contribution in [0, 0.1) is 0 Å². The number of benzene rings is 2. The van der Waals surface area contributed by atoms with E-state index in [1.165, 1.54) is 5.56 Å². The molecule has 0 amide bonds. The van der Waals surface area contributed by atoms with Crippen LogP contribution in [0.4, 0.5) is 0 Å². The van der Waals surface area contributed by atoms with E-state index in [4.69, 9.17) is 4.74 Å². The number of nitrogens with zero attached hydrogens (tertiary/aromatic N) is 5. The minimum absolute atomic E-state index is 0.756. The SMILES string of the molecule is Cn1nnc2c(-n3ccnc3-c3ccc4c(c3)CCO4)cccc21. The molecule has 24 heavy (non-hydrogen) atoms. The molecule has 1 aliphatic rings. The maximum Gasteiger partial charge on any atom is 0.144 e. The Bertz CT molecular complexity index is 1060. The molecular weight excluding hydrogens is 302 g/mol. The number of hydrogen-bond acceptors (Lipinski definition) is 4. The summed E-state index contributed by atoms with van der Waals surface area (Å²) in [4.78, 5) is 4.57. The van der Waals surface area contributed by atoms with E-state index in [0.717, 1.165) is 46.9 Å². The standard InChI is InChI=1S/C18H15N5O/c1-22-14-3-2-4-15(17(14)20-21-22)23-9-8-19-18(23)13-5-6-16-12(11-13)7-10-24-16/h2-6,8-9,11H,7,10H2,1H3. The monoisotopic (exact) mass is 317 g/mol. The zero-order valence-corrected chi connectivity index (χ0v) is 13.2. The topological polar surface area (TPSA) is 57.8 Å². The van der Waals surface area contributed by atoms with Crippen LogP contribution in [-0.4, -0.2) is 31.2 Å². The van der Waals surface area contributed by atoms with Gasteiger partial charge < -0.3 is 4.74 Å². The van der Waals surface area contributed by atoms with Crippen molar-refractivity contribution < 1.29 is 4.74 Å². The molecule has 2 aromatic carbocycles. The van der Waals surface area contributed by atoms with E-state index in [-0.39, 0.29) is 0 Å². The third kappa shape index (κ3) is 1.86. The maximum atomic E-state index is 5.60. The molecule has 6 nitrogen and oxygen atoms in total. The first kappa shape index (κ1) is 13.3. The van der Waals surface area contributed by atoms with Crippen LogP contribution in [0.3, 0.4) is 0 Å². The number of aromatic nitrogens is 5. The fourth-order valence-corrected chi connectivity index (χ4v) is 3.27. The Labute approximate surface area is 138 Å². The second-order valence-electron chi connectivity index (χ2n) is 5.90. The normalized spacial score (nSPS) is 13.2. The molecule has 1 aliphatic heterocycles. The average Bonchev–Trinajstić information content (AvgIpc) is 3.33. The Morgan fingerprint density at radius 1 is 1.17 bits per heavy atom. The van der Waals surface area contributed by atoms with Crippen molar-refractivity contribution in [3.63, 3.8) is 0 Å². The molecule has 0 aliphatic carbocycles. The molecule has 118 valence electrons. The molecule has 0 N–H and O–H groups in total. The van der Waals surface area contributed by atoms with E-state index in [9.17, 15) is 0 Å². The number of fused-ring (bicyclic) bond motifs is 2. The molecule has 0 spiro atoms. The summed E-state index contributed by atoms with van der Waals surface area (Å²) >= 11 is 0. The number of rotatable bonds is 2. The van der Waals surface area contributed by atoms with Crippen LogP contribution in [0.25, 0.3) is 28.1 Å². The summed E-state index contributed by atoms with van der Waals surface area (Å²) in [5, 5.41) is 8.44. The van der Waals surface area contributed by atoms with Crippen LogP contribution in [-0.2, 0) is 13.5 Å². The molecule has 0 atom stereocenters. The molecular formula is C18H15N5O. The molecule has 2 aromatic heterocycles. The van der Waals surface area contributed by atoms with Gasteiger partial charge in [0.25, 0.3) is 0 Å². The fraction of sp³-hybridized carbons (Fsp3) is 0.167. The van der Waals surface area contributed by atoms with Crippen LogP contribution in [0.2, 0.25) is 0 Å². The smallest absolute Gasteiger partial charge is 0.144 e. The van der Waals surface area contributed by atoms with E-state index in [2.05, 4.69) is 32.0 Å². The lowest BCUT2D eigenvalue weighted by Crippen LogP contribution is -1.98. The van der Waals surface area contributed by atoms with Gasteiger partial charge in [-0.05, 0) is 35.9 Å². The van der Waals surface area contributed by atoms with Crippen molar-refractivity contribution >= 4 is 11.0 Å². The highest BCUT2D eigenvalue weighted by molar-refractivity contribution is 5.84. The summed E-state index contributed by atoms with van der Waals surface area (Å²) in [5.41, 5.74) is 5.15. The third-order valence-corrected chi connectivity index (χ3v) is 4.47. The number of ether oxygens (including phenoxy) is 1. The fourth-order valence-electron chi connectivity index (χ4n) is 3.27. The van der Waals surface area contributed by atoms with Gasteiger partial charge in [-0.1, -0.05) is 11.3 Å². The Hall–Kier alpha value is -3.15. The van der Waals surface area contributed by atoms with Gasteiger partial charge in [0, 0.05) is 31.4 Å². The summed E-state index contributed by atoms with van der Waals surface area (Å²) in [7, 11) is 1.90. The average molecular weight is 317 g/mol.